The Morgan fingerprint density at radius 3 is 2.20 bits per heavy atom. The first-order valence-electron chi connectivity index (χ1n) is 7.30. The standard InChI is InChI=1S/C18H13F3N2O2/c1-25-17(24)13-4-2-12(3-5-13)16-10-11-23(22-16)15-8-6-14(7-9-15)18(19,20)21/h2-11H,1H3. The lowest BCUT2D eigenvalue weighted by Crippen LogP contribution is -2.05. The second-order valence-corrected chi connectivity index (χ2v) is 5.26. The maximum Gasteiger partial charge on any atom is 0.416 e. The zero-order valence-electron chi connectivity index (χ0n) is 13.1. The normalized spacial score (nSPS) is 11.4. The summed E-state index contributed by atoms with van der Waals surface area (Å²) in [5.41, 5.74) is 1.65. The Bertz CT molecular complexity index is 882. The van der Waals surface area contributed by atoms with Gasteiger partial charge in [0.05, 0.1) is 29.6 Å². The van der Waals surface area contributed by atoms with Gasteiger partial charge in [-0.3, -0.25) is 0 Å². The van der Waals surface area contributed by atoms with Crippen LogP contribution in [0.5, 0.6) is 0 Å². The van der Waals surface area contributed by atoms with Crippen molar-refractivity contribution in [2.75, 3.05) is 7.11 Å². The number of halogens is 3. The number of methoxy groups -OCH3 is 1. The van der Waals surface area contributed by atoms with E-state index in [1.807, 2.05) is 0 Å². The van der Waals surface area contributed by atoms with E-state index >= 15 is 0 Å². The molecule has 0 spiro atoms. The zero-order valence-corrected chi connectivity index (χ0v) is 13.1. The number of benzene rings is 2. The third-order valence-electron chi connectivity index (χ3n) is 3.65. The summed E-state index contributed by atoms with van der Waals surface area (Å²) in [5.74, 6) is -0.429. The van der Waals surface area contributed by atoms with Gasteiger partial charge in [-0.05, 0) is 42.5 Å². The molecular formula is C18H13F3N2O2. The maximum atomic E-state index is 12.6. The lowest BCUT2D eigenvalue weighted by Gasteiger charge is -2.07. The molecule has 3 rings (SSSR count). The number of esters is 1. The first-order valence-corrected chi connectivity index (χ1v) is 7.30. The largest absolute Gasteiger partial charge is 0.465 e. The molecule has 0 unspecified atom stereocenters. The van der Waals surface area contributed by atoms with Gasteiger partial charge in [0.1, 0.15) is 0 Å². The minimum absolute atomic E-state index is 0.424. The number of ether oxygens (including phenoxy) is 1. The van der Waals surface area contributed by atoms with Gasteiger partial charge < -0.3 is 4.74 Å². The van der Waals surface area contributed by atoms with E-state index in [0.717, 1.165) is 17.7 Å². The lowest BCUT2D eigenvalue weighted by atomic mass is 10.1. The van der Waals surface area contributed by atoms with Crippen molar-refractivity contribution >= 4 is 5.97 Å². The number of carbonyl (C=O) groups excluding carboxylic acids is 1. The van der Waals surface area contributed by atoms with Crippen LogP contribution in [-0.4, -0.2) is 22.9 Å². The van der Waals surface area contributed by atoms with Crippen molar-refractivity contribution in [1.82, 2.24) is 9.78 Å². The molecule has 0 fully saturated rings. The Balaban J connectivity index is 1.84. The number of rotatable bonds is 3. The van der Waals surface area contributed by atoms with E-state index in [9.17, 15) is 18.0 Å². The molecule has 0 N–H and O–H groups in total. The van der Waals surface area contributed by atoms with E-state index in [0.29, 0.717) is 16.9 Å². The molecule has 2 aromatic carbocycles. The molecule has 25 heavy (non-hydrogen) atoms. The van der Waals surface area contributed by atoms with Crippen LogP contribution in [0.3, 0.4) is 0 Å². The Labute approximate surface area is 141 Å². The van der Waals surface area contributed by atoms with Gasteiger partial charge in [-0.2, -0.15) is 18.3 Å². The molecule has 0 aliphatic rings. The van der Waals surface area contributed by atoms with Crippen LogP contribution in [-0.2, 0) is 10.9 Å². The zero-order chi connectivity index (χ0) is 18.0. The molecule has 7 heteroatoms. The third kappa shape index (κ3) is 3.55. The highest BCUT2D eigenvalue weighted by Gasteiger charge is 2.30. The SMILES string of the molecule is COC(=O)c1ccc(-c2ccn(-c3ccc(C(F)(F)F)cc3)n2)cc1. The fourth-order valence-electron chi connectivity index (χ4n) is 2.32. The van der Waals surface area contributed by atoms with Crippen LogP contribution < -0.4 is 0 Å². The van der Waals surface area contributed by atoms with Crippen LogP contribution in [0.2, 0.25) is 0 Å². The first kappa shape index (κ1) is 16.8. The number of hydrogen-bond donors (Lipinski definition) is 0. The third-order valence-corrected chi connectivity index (χ3v) is 3.65. The Morgan fingerprint density at radius 2 is 1.64 bits per heavy atom. The van der Waals surface area contributed by atoms with Crippen molar-refractivity contribution in [3.05, 3.63) is 71.9 Å². The molecule has 0 saturated carbocycles. The van der Waals surface area contributed by atoms with Crippen molar-refractivity contribution in [3.63, 3.8) is 0 Å². The first-order chi connectivity index (χ1) is 11.9. The molecule has 0 aliphatic carbocycles. The lowest BCUT2D eigenvalue weighted by molar-refractivity contribution is -0.137. The molecule has 1 aromatic heterocycles. The second kappa shape index (κ2) is 6.43. The topological polar surface area (TPSA) is 44.1 Å². The molecule has 0 saturated heterocycles. The van der Waals surface area contributed by atoms with Gasteiger partial charge in [-0.25, -0.2) is 9.48 Å². The molecule has 0 aliphatic heterocycles. The summed E-state index contributed by atoms with van der Waals surface area (Å²) in [4.78, 5) is 11.4. The van der Waals surface area contributed by atoms with Gasteiger partial charge in [0.15, 0.2) is 0 Å². The van der Waals surface area contributed by atoms with Crippen molar-refractivity contribution in [2.24, 2.45) is 0 Å². The van der Waals surface area contributed by atoms with E-state index in [4.69, 9.17) is 0 Å². The predicted molar refractivity (Wildman–Crippen MR) is 85.3 cm³/mol. The summed E-state index contributed by atoms with van der Waals surface area (Å²) >= 11 is 0. The molecule has 128 valence electrons. The van der Waals surface area contributed by atoms with Crippen LogP contribution in [0.15, 0.2) is 60.8 Å². The molecule has 0 radical (unpaired) electrons. The molecule has 0 bridgehead atoms. The summed E-state index contributed by atoms with van der Waals surface area (Å²) in [6.07, 6.45) is -2.71. The molecular weight excluding hydrogens is 333 g/mol. The van der Waals surface area contributed by atoms with E-state index in [1.165, 1.54) is 23.9 Å². The van der Waals surface area contributed by atoms with Crippen molar-refractivity contribution in [1.29, 1.82) is 0 Å². The number of nitrogens with zero attached hydrogens (tertiary/aromatic N) is 2. The van der Waals surface area contributed by atoms with Gasteiger partial charge >= 0.3 is 12.1 Å². The van der Waals surface area contributed by atoms with E-state index < -0.39 is 17.7 Å². The summed E-state index contributed by atoms with van der Waals surface area (Å²) < 4.78 is 44.0. The number of carbonyl (C=O) groups is 1. The van der Waals surface area contributed by atoms with E-state index in [1.54, 1.807) is 36.5 Å². The fraction of sp³-hybridized carbons (Fsp3) is 0.111. The van der Waals surface area contributed by atoms with Gasteiger partial charge in [0, 0.05) is 11.8 Å². The van der Waals surface area contributed by atoms with Crippen LogP contribution in [0.4, 0.5) is 13.2 Å². The van der Waals surface area contributed by atoms with E-state index in [2.05, 4.69) is 9.84 Å². The minimum atomic E-state index is -4.37. The monoisotopic (exact) mass is 346 g/mol. The number of aromatic nitrogens is 2. The molecule has 4 nitrogen and oxygen atoms in total. The van der Waals surface area contributed by atoms with Gasteiger partial charge in [0.25, 0.3) is 0 Å². The van der Waals surface area contributed by atoms with Gasteiger partial charge in [-0.1, -0.05) is 12.1 Å². The fourth-order valence-corrected chi connectivity index (χ4v) is 2.32. The second-order valence-electron chi connectivity index (χ2n) is 5.26. The summed E-state index contributed by atoms with van der Waals surface area (Å²) in [6, 6.07) is 13.2. The molecule has 1 heterocycles. The van der Waals surface area contributed by atoms with Crippen molar-refractivity contribution < 1.29 is 22.7 Å². The van der Waals surface area contributed by atoms with Crippen LogP contribution >= 0.6 is 0 Å². The van der Waals surface area contributed by atoms with Crippen LogP contribution in [0, 0.1) is 0 Å². The Kier molecular flexibility index (Phi) is 4.31. The van der Waals surface area contributed by atoms with Crippen LogP contribution in [0.1, 0.15) is 15.9 Å². The molecule has 0 amide bonds. The highest BCUT2D eigenvalue weighted by atomic mass is 19.4. The smallest absolute Gasteiger partial charge is 0.416 e. The predicted octanol–water partition coefficient (Wildman–Crippen LogP) is 4.34. The van der Waals surface area contributed by atoms with Gasteiger partial charge in [0.2, 0.25) is 0 Å². The highest BCUT2D eigenvalue weighted by Crippen LogP contribution is 2.29. The molecule has 0 atom stereocenters. The van der Waals surface area contributed by atoms with Crippen molar-refractivity contribution in [2.45, 2.75) is 6.18 Å². The minimum Gasteiger partial charge on any atom is -0.465 e. The Hall–Kier alpha value is -3.09. The molecule has 3 aromatic rings. The summed E-state index contributed by atoms with van der Waals surface area (Å²) in [5, 5.41) is 4.36. The number of hydrogen-bond acceptors (Lipinski definition) is 3. The van der Waals surface area contributed by atoms with E-state index in [-0.39, 0.29) is 0 Å². The number of alkyl halides is 3. The van der Waals surface area contributed by atoms with Gasteiger partial charge in [-0.15, -0.1) is 0 Å². The quantitative estimate of drug-likeness (QED) is 0.663. The van der Waals surface area contributed by atoms with Crippen molar-refractivity contribution in [3.8, 4) is 16.9 Å². The maximum absolute atomic E-state index is 12.6. The van der Waals surface area contributed by atoms with Crippen LogP contribution in [0.25, 0.3) is 16.9 Å². The Morgan fingerprint density at radius 1 is 1.00 bits per heavy atom. The average Bonchev–Trinajstić information content (AvgIpc) is 3.10. The summed E-state index contributed by atoms with van der Waals surface area (Å²) in [7, 11) is 1.31. The average molecular weight is 346 g/mol. The summed E-state index contributed by atoms with van der Waals surface area (Å²) in [6.45, 7) is 0. The highest BCUT2D eigenvalue weighted by molar-refractivity contribution is 5.89.